The van der Waals surface area contributed by atoms with Gasteiger partial charge < -0.3 is 14.2 Å². The number of carbonyl (C=O) groups is 2. The maximum atomic E-state index is 13.7. The van der Waals surface area contributed by atoms with Gasteiger partial charge in [-0.15, -0.1) is 0 Å². The summed E-state index contributed by atoms with van der Waals surface area (Å²) in [5, 5.41) is 0.909. The van der Waals surface area contributed by atoms with Crippen molar-refractivity contribution in [1.29, 1.82) is 0 Å². The van der Waals surface area contributed by atoms with E-state index in [-0.39, 0.29) is 23.9 Å². The van der Waals surface area contributed by atoms with Crippen molar-refractivity contribution >= 4 is 22.9 Å². The Bertz CT molecular complexity index is 1280. The van der Waals surface area contributed by atoms with E-state index < -0.39 is 0 Å². The minimum Gasteiger partial charge on any atom is -0.448 e. The van der Waals surface area contributed by atoms with Gasteiger partial charge in [0.2, 0.25) is 5.71 Å². The van der Waals surface area contributed by atoms with Crippen molar-refractivity contribution in [2.45, 2.75) is 25.9 Å². The predicted octanol–water partition coefficient (Wildman–Crippen LogP) is 4.83. The topological polar surface area (TPSA) is 58.7 Å². The molecule has 6 heteroatoms. The van der Waals surface area contributed by atoms with Crippen LogP contribution in [0.25, 0.3) is 11.1 Å². The number of rotatable bonds is 4. The summed E-state index contributed by atoms with van der Waals surface area (Å²) in [4.78, 5) is 30.3. The Labute approximate surface area is 193 Å². The molecule has 1 fully saturated rings. The molecule has 2 aromatic carbocycles. The van der Waals surface area contributed by atoms with E-state index in [2.05, 4.69) is 19.1 Å². The molecule has 168 valence electrons. The maximum absolute atomic E-state index is 13.7. The zero-order valence-electron chi connectivity index (χ0n) is 18.8. The van der Waals surface area contributed by atoms with Gasteiger partial charge in [-0.05, 0) is 43.7 Å². The summed E-state index contributed by atoms with van der Waals surface area (Å²) in [6, 6.07) is 23.1. The first-order valence-electron chi connectivity index (χ1n) is 11.3. The number of furan rings is 1. The molecule has 2 amide bonds. The van der Waals surface area contributed by atoms with E-state index in [4.69, 9.17) is 4.42 Å². The lowest BCUT2D eigenvalue weighted by molar-refractivity contribution is 0.0409. The van der Waals surface area contributed by atoms with Gasteiger partial charge >= 0.3 is 0 Å². The van der Waals surface area contributed by atoms with Gasteiger partial charge in [0.15, 0.2) is 0 Å². The molecule has 1 aliphatic heterocycles. The van der Waals surface area contributed by atoms with Crippen molar-refractivity contribution in [1.82, 2.24) is 14.4 Å². The standard InChI is InChI=1S/C27H27N3O3/c1-19-18-28(14-15-29(19)25(31)22-11-7-4-8-12-22)26(32)24-17-23-13-16-33-27(23)30(24)20(2)21-9-5-3-6-10-21/h3-13,16-17,19-20H,14-15,18H2,1-2H3/t19-,20+/m1/s1. The van der Waals surface area contributed by atoms with Crippen molar-refractivity contribution in [3.63, 3.8) is 0 Å². The Morgan fingerprint density at radius 1 is 0.939 bits per heavy atom. The normalized spacial score (nSPS) is 17.3. The molecule has 1 aliphatic rings. The first kappa shape index (κ1) is 21.1. The molecule has 0 unspecified atom stereocenters. The minimum atomic E-state index is -0.0756. The lowest BCUT2D eigenvalue weighted by Gasteiger charge is -2.40. The number of hydrogen-bond acceptors (Lipinski definition) is 3. The summed E-state index contributed by atoms with van der Waals surface area (Å²) in [6.45, 7) is 5.56. The molecule has 0 bridgehead atoms. The predicted molar refractivity (Wildman–Crippen MR) is 127 cm³/mol. The molecular weight excluding hydrogens is 414 g/mol. The minimum absolute atomic E-state index is 0.00814. The van der Waals surface area contributed by atoms with E-state index in [0.717, 1.165) is 10.9 Å². The average Bonchev–Trinajstić information content (AvgIpc) is 3.45. The zero-order valence-corrected chi connectivity index (χ0v) is 18.8. The van der Waals surface area contributed by atoms with E-state index in [0.29, 0.717) is 36.6 Å². The van der Waals surface area contributed by atoms with Crippen LogP contribution in [-0.2, 0) is 0 Å². The van der Waals surface area contributed by atoms with Crippen LogP contribution in [0.3, 0.4) is 0 Å². The van der Waals surface area contributed by atoms with E-state index in [1.165, 1.54) is 0 Å². The van der Waals surface area contributed by atoms with Crippen LogP contribution in [0.4, 0.5) is 0 Å². The number of amides is 2. The first-order valence-corrected chi connectivity index (χ1v) is 11.3. The molecule has 33 heavy (non-hydrogen) atoms. The van der Waals surface area contributed by atoms with Crippen LogP contribution in [-0.4, -0.2) is 51.9 Å². The van der Waals surface area contributed by atoms with Crippen LogP contribution in [0.1, 0.15) is 46.3 Å². The summed E-state index contributed by atoms with van der Waals surface area (Å²) in [7, 11) is 0. The third-order valence-electron chi connectivity index (χ3n) is 6.53. The van der Waals surface area contributed by atoms with Gasteiger partial charge in [-0.25, -0.2) is 0 Å². The Balaban J connectivity index is 1.40. The first-order chi connectivity index (χ1) is 16.0. The maximum Gasteiger partial charge on any atom is 0.270 e. The molecule has 2 atom stereocenters. The summed E-state index contributed by atoms with van der Waals surface area (Å²) in [6.07, 6.45) is 1.66. The lowest BCUT2D eigenvalue weighted by atomic mass is 10.1. The second-order valence-electron chi connectivity index (χ2n) is 8.63. The fourth-order valence-corrected chi connectivity index (χ4v) is 4.73. The Kier molecular flexibility index (Phi) is 5.50. The van der Waals surface area contributed by atoms with E-state index in [1.54, 1.807) is 6.26 Å². The highest BCUT2D eigenvalue weighted by Gasteiger charge is 2.33. The van der Waals surface area contributed by atoms with Gasteiger partial charge in [-0.3, -0.25) is 14.2 Å². The highest BCUT2D eigenvalue weighted by molar-refractivity contribution is 5.98. The molecule has 1 saturated heterocycles. The van der Waals surface area contributed by atoms with Crippen LogP contribution in [0.15, 0.2) is 83.5 Å². The van der Waals surface area contributed by atoms with Crippen molar-refractivity contribution in [3.05, 3.63) is 95.9 Å². The second kappa shape index (κ2) is 8.62. The number of aromatic nitrogens is 1. The molecule has 0 saturated carbocycles. The monoisotopic (exact) mass is 441 g/mol. The average molecular weight is 442 g/mol. The number of fused-ring (bicyclic) bond motifs is 1. The van der Waals surface area contributed by atoms with Crippen molar-refractivity contribution < 1.29 is 14.0 Å². The second-order valence-corrected chi connectivity index (χ2v) is 8.63. The van der Waals surface area contributed by atoms with Gasteiger partial charge in [0, 0.05) is 36.6 Å². The molecule has 5 rings (SSSR count). The van der Waals surface area contributed by atoms with Crippen LogP contribution in [0.5, 0.6) is 0 Å². The summed E-state index contributed by atoms with van der Waals surface area (Å²) in [5.74, 6) is -0.0309. The SMILES string of the molecule is C[C@@H]1CN(C(=O)c2cc3ccoc3n2[C@@H](C)c2ccccc2)CCN1C(=O)c1ccccc1. The Morgan fingerprint density at radius 2 is 1.64 bits per heavy atom. The van der Waals surface area contributed by atoms with Gasteiger partial charge in [0.25, 0.3) is 11.8 Å². The number of hydrogen-bond donors (Lipinski definition) is 0. The molecule has 6 nitrogen and oxygen atoms in total. The van der Waals surface area contributed by atoms with Gasteiger partial charge in [-0.1, -0.05) is 48.5 Å². The van der Waals surface area contributed by atoms with Gasteiger partial charge in [0.05, 0.1) is 12.3 Å². The molecular formula is C27H27N3O3. The number of carbonyl (C=O) groups excluding carboxylic acids is 2. The van der Waals surface area contributed by atoms with E-state index >= 15 is 0 Å². The summed E-state index contributed by atoms with van der Waals surface area (Å²) < 4.78 is 7.75. The Morgan fingerprint density at radius 3 is 2.33 bits per heavy atom. The molecule has 4 aromatic rings. The van der Waals surface area contributed by atoms with Crippen LogP contribution >= 0.6 is 0 Å². The van der Waals surface area contributed by atoms with Crippen molar-refractivity contribution in [2.24, 2.45) is 0 Å². The fraction of sp³-hybridized carbons (Fsp3) is 0.259. The van der Waals surface area contributed by atoms with E-state index in [9.17, 15) is 9.59 Å². The molecule has 0 spiro atoms. The zero-order chi connectivity index (χ0) is 22.9. The largest absolute Gasteiger partial charge is 0.448 e. The van der Waals surface area contributed by atoms with E-state index in [1.807, 2.05) is 82.0 Å². The quantitative estimate of drug-likeness (QED) is 0.456. The molecule has 0 N–H and O–H groups in total. The summed E-state index contributed by atoms with van der Waals surface area (Å²) in [5.41, 5.74) is 3.08. The van der Waals surface area contributed by atoms with Crippen LogP contribution in [0.2, 0.25) is 0 Å². The lowest BCUT2D eigenvalue weighted by Crippen LogP contribution is -2.55. The highest BCUT2D eigenvalue weighted by Crippen LogP contribution is 2.30. The summed E-state index contributed by atoms with van der Waals surface area (Å²) >= 11 is 0. The van der Waals surface area contributed by atoms with Crippen molar-refractivity contribution in [2.75, 3.05) is 19.6 Å². The fourth-order valence-electron chi connectivity index (χ4n) is 4.73. The Hall–Kier alpha value is -3.80. The number of piperazine rings is 1. The number of nitrogens with zero attached hydrogens (tertiary/aromatic N) is 3. The third kappa shape index (κ3) is 3.82. The van der Waals surface area contributed by atoms with Crippen LogP contribution in [0, 0.1) is 0 Å². The van der Waals surface area contributed by atoms with Crippen molar-refractivity contribution in [3.8, 4) is 0 Å². The number of benzene rings is 2. The molecule has 0 radical (unpaired) electrons. The smallest absolute Gasteiger partial charge is 0.270 e. The molecule has 0 aliphatic carbocycles. The van der Waals surface area contributed by atoms with Gasteiger partial charge in [0.1, 0.15) is 5.69 Å². The highest BCUT2D eigenvalue weighted by atomic mass is 16.3. The third-order valence-corrected chi connectivity index (χ3v) is 6.53. The molecule has 2 aromatic heterocycles. The molecule has 3 heterocycles. The van der Waals surface area contributed by atoms with Crippen LogP contribution < -0.4 is 0 Å². The van der Waals surface area contributed by atoms with Gasteiger partial charge in [-0.2, -0.15) is 0 Å².